The Morgan fingerprint density at radius 1 is 0.853 bits per heavy atom. The van der Waals surface area contributed by atoms with Crippen LogP contribution in [0.4, 0.5) is 0 Å². The van der Waals surface area contributed by atoms with Crippen molar-refractivity contribution in [3.8, 4) is 0 Å². The predicted molar refractivity (Wildman–Crippen MR) is 139 cm³/mol. The first-order valence-corrected chi connectivity index (χ1v) is 12.2. The molecule has 3 rings (SSSR count). The second-order valence-electron chi connectivity index (χ2n) is 8.76. The van der Waals surface area contributed by atoms with E-state index in [9.17, 15) is 9.59 Å². The number of benzene rings is 3. The third-order valence-corrected chi connectivity index (χ3v) is 6.14. The Hall–Kier alpha value is -2.82. The number of nitrogens with zero attached hydrogens (tertiary/aromatic N) is 1. The summed E-state index contributed by atoms with van der Waals surface area (Å²) in [5.41, 5.74) is 2.61. The lowest BCUT2D eigenvalue weighted by Crippen LogP contribution is -2.51. The highest BCUT2D eigenvalue weighted by atomic mass is 35.5. The average molecular weight is 497 g/mol. The SMILES string of the molecule is CC(C)CNC(=O)[C@H](Cc1ccccc1)N(Cc1ccccc1Cl)C(=O)Cc1ccc(Cl)cc1. The Morgan fingerprint density at radius 3 is 2.15 bits per heavy atom. The van der Waals surface area contributed by atoms with Crippen molar-refractivity contribution in [1.29, 1.82) is 0 Å². The van der Waals surface area contributed by atoms with Gasteiger partial charge in [-0.3, -0.25) is 9.59 Å². The van der Waals surface area contributed by atoms with E-state index in [1.165, 1.54) is 0 Å². The fraction of sp³-hybridized carbons (Fsp3) is 0.286. The van der Waals surface area contributed by atoms with Crippen molar-refractivity contribution in [2.75, 3.05) is 6.54 Å². The molecule has 4 nitrogen and oxygen atoms in total. The molecule has 0 saturated carbocycles. The Morgan fingerprint density at radius 2 is 1.50 bits per heavy atom. The van der Waals surface area contributed by atoms with Crippen LogP contribution >= 0.6 is 23.2 Å². The van der Waals surface area contributed by atoms with Gasteiger partial charge in [0.1, 0.15) is 6.04 Å². The number of carbonyl (C=O) groups is 2. The zero-order chi connectivity index (χ0) is 24.5. The Labute approximate surface area is 211 Å². The quantitative estimate of drug-likeness (QED) is 0.377. The highest BCUT2D eigenvalue weighted by Crippen LogP contribution is 2.22. The molecule has 0 radical (unpaired) electrons. The van der Waals surface area contributed by atoms with Crippen LogP contribution in [0.1, 0.15) is 30.5 Å². The summed E-state index contributed by atoms with van der Waals surface area (Å²) >= 11 is 12.5. The minimum Gasteiger partial charge on any atom is -0.354 e. The minimum atomic E-state index is -0.683. The molecule has 34 heavy (non-hydrogen) atoms. The van der Waals surface area contributed by atoms with E-state index in [4.69, 9.17) is 23.2 Å². The maximum absolute atomic E-state index is 13.7. The molecule has 0 spiro atoms. The van der Waals surface area contributed by atoms with Crippen molar-refractivity contribution in [2.24, 2.45) is 5.92 Å². The van der Waals surface area contributed by atoms with Crippen molar-refractivity contribution in [3.63, 3.8) is 0 Å². The fourth-order valence-electron chi connectivity index (χ4n) is 3.67. The number of carbonyl (C=O) groups excluding carboxylic acids is 2. The summed E-state index contributed by atoms with van der Waals surface area (Å²) < 4.78 is 0. The number of hydrogen-bond donors (Lipinski definition) is 1. The summed E-state index contributed by atoms with van der Waals surface area (Å²) in [4.78, 5) is 28.7. The Balaban J connectivity index is 1.96. The molecule has 0 aliphatic rings. The van der Waals surface area contributed by atoms with Crippen LogP contribution in [0.25, 0.3) is 0 Å². The van der Waals surface area contributed by atoms with E-state index in [0.29, 0.717) is 28.9 Å². The highest BCUT2D eigenvalue weighted by Gasteiger charge is 2.30. The van der Waals surface area contributed by atoms with Gasteiger partial charge in [-0.25, -0.2) is 0 Å². The molecule has 0 aliphatic heterocycles. The van der Waals surface area contributed by atoms with E-state index in [-0.39, 0.29) is 24.8 Å². The smallest absolute Gasteiger partial charge is 0.243 e. The van der Waals surface area contributed by atoms with Crippen molar-refractivity contribution in [3.05, 3.63) is 106 Å². The standard InChI is InChI=1S/C28H30Cl2N2O2/c1-20(2)18-31-28(34)26(16-21-8-4-3-5-9-21)32(19-23-10-6-7-11-25(23)30)27(33)17-22-12-14-24(29)15-13-22/h3-15,20,26H,16-19H2,1-2H3,(H,31,34)/t26-/m0/s1. The summed E-state index contributed by atoms with van der Waals surface area (Å²) in [6, 6.07) is 23.7. The van der Waals surface area contributed by atoms with E-state index >= 15 is 0 Å². The van der Waals surface area contributed by atoms with Gasteiger partial charge in [-0.2, -0.15) is 0 Å². The van der Waals surface area contributed by atoms with Crippen molar-refractivity contribution >= 4 is 35.0 Å². The zero-order valence-corrected chi connectivity index (χ0v) is 21.0. The van der Waals surface area contributed by atoms with Gasteiger partial charge >= 0.3 is 0 Å². The van der Waals surface area contributed by atoms with Gasteiger partial charge in [-0.05, 0) is 40.8 Å². The van der Waals surface area contributed by atoms with Crippen LogP contribution < -0.4 is 5.32 Å². The van der Waals surface area contributed by atoms with Gasteiger partial charge in [0.05, 0.1) is 6.42 Å². The van der Waals surface area contributed by atoms with Crippen molar-refractivity contribution in [2.45, 2.75) is 39.3 Å². The number of hydrogen-bond acceptors (Lipinski definition) is 2. The monoisotopic (exact) mass is 496 g/mol. The van der Waals surface area contributed by atoms with Crippen LogP contribution in [0.15, 0.2) is 78.9 Å². The lowest BCUT2D eigenvalue weighted by molar-refractivity contribution is -0.140. The van der Waals surface area contributed by atoms with Crippen LogP contribution in [0.2, 0.25) is 10.0 Å². The van der Waals surface area contributed by atoms with Crippen LogP contribution in [0, 0.1) is 5.92 Å². The Kier molecular flexibility index (Phi) is 9.55. The van der Waals surface area contributed by atoms with Gasteiger partial charge in [-0.15, -0.1) is 0 Å². The van der Waals surface area contributed by atoms with Gasteiger partial charge in [-0.1, -0.05) is 97.7 Å². The molecule has 0 aliphatic carbocycles. The molecule has 0 heterocycles. The second-order valence-corrected chi connectivity index (χ2v) is 9.60. The van der Waals surface area contributed by atoms with Gasteiger partial charge in [0.25, 0.3) is 0 Å². The van der Waals surface area contributed by atoms with Crippen LogP contribution in [-0.2, 0) is 29.0 Å². The van der Waals surface area contributed by atoms with E-state index in [1.54, 1.807) is 23.1 Å². The first-order valence-electron chi connectivity index (χ1n) is 11.4. The minimum absolute atomic E-state index is 0.150. The number of amides is 2. The number of rotatable bonds is 10. The van der Waals surface area contributed by atoms with E-state index in [2.05, 4.69) is 5.32 Å². The predicted octanol–water partition coefficient (Wildman–Crippen LogP) is 5.95. The second kappa shape index (κ2) is 12.6. The molecule has 3 aromatic carbocycles. The average Bonchev–Trinajstić information content (AvgIpc) is 2.83. The summed E-state index contributed by atoms with van der Waals surface area (Å²) in [5.74, 6) is -0.0277. The maximum Gasteiger partial charge on any atom is 0.243 e. The molecule has 1 N–H and O–H groups in total. The van der Waals surface area contributed by atoms with E-state index in [0.717, 1.165) is 16.7 Å². The van der Waals surface area contributed by atoms with Gasteiger partial charge in [0.2, 0.25) is 11.8 Å². The number of nitrogens with one attached hydrogen (secondary N) is 1. The van der Waals surface area contributed by atoms with E-state index in [1.807, 2.05) is 74.5 Å². The third-order valence-electron chi connectivity index (χ3n) is 5.52. The summed E-state index contributed by atoms with van der Waals surface area (Å²) in [5, 5.41) is 4.20. The van der Waals surface area contributed by atoms with Gasteiger partial charge < -0.3 is 10.2 Å². The van der Waals surface area contributed by atoms with E-state index < -0.39 is 6.04 Å². The molecule has 2 amide bonds. The molecule has 3 aromatic rings. The fourth-order valence-corrected chi connectivity index (χ4v) is 3.99. The largest absolute Gasteiger partial charge is 0.354 e. The first kappa shape index (κ1) is 25.8. The topological polar surface area (TPSA) is 49.4 Å². The normalized spacial score (nSPS) is 11.8. The molecule has 0 fully saturated rings. The summed E-state index contributed by atoms with van der Waals surface area (Å²) in [6.45, 7) is 4.85. The zero-order valence-electron chi connectivity index (χ0n) is 19.5. The first-order chi connectivity index (χ1) is 16.3. The maximum atomic E-state index is 13.7. The van der Waals surface area contributed by atoms with Gasteiger partial charge in [0.15, 0.2) is 0 Å². The molecular weight excluding hydrogens is 467 g/mol. The van der Waals surface area contributed by atoms with Crippen molar-refractivity contribution < 1.29 is 9.59 Å². The summed E-state index contributed by atoms with van der Waals surface area (Å²) in [7, 11) is 0. The third kappa shape index (κ3) is 7.61. The highest BCUT2D eigenvalue weighted by molar-refractivity contribution is 6.31. The molecular formula is C28H30Cl2N2O2. The molecule has 178 valence electrons. The molecule has 0 unspecified atom stereocenters. The lowest BCUT2D eigenvalue weighted by Gasteiger charge is -2.32. The van der Waals surface area contributed by atoms with Crippen LogP contribution in [0.5, 0.6) is 0 Å². The van der Waals surface area contributed by atoms with Crippen LogP contribution in [0.3, 0.4) is 0 Å². The molecule has 0 bridgehead atoms. The number of halogens is 2. The molecule has 0 aromatic heterocycles. The van der Waals surface area contributed by atoms with Crippen molar-refractivity contribution in [1.82, 2.24) is 10.2 Å². The summed E-state index contributed by atoms with van der Waals surface area (Å²) in [6.07, 6.45) is 0.561. The molecule has 6 heteroatoms. The van der Waals surface area contributed by atoms with Crippen LogP contribution in [-0.4, -0.2) is 29.3 Å². The Bertz CT molecular complexity index is 1090. The molecule has 1 atom stereocenters. The lowest BCUT2D eigenvalue weighted by atomic mass is 10.0. The van der Waals surface area contributed by atoms with Gasteiger partial charge in [0, 0.05) is 29.6 Å². The molecule has 0 saturated heterocycles.